The molecule has 0 heterocycles. The predicted octanol–water partition coefficient (Wildman–Crippen LogP) is 2.34. The molecule has 0 aromatic carbocycles. The molecule has 0 unspecified atom stereocenters. The van der Waals surface area contributed by atoms with Crippen LogP contribution in [0.2, 0.25) is 0 Å². The molecule has 1 aliphatic carbocycles. The predicted molar refractivity (Wildman–Crippen MR) is 76.5 cm³/mol. The van der Waals surface area contributed by atoms with Crippen LogP contribution in [0.3, 0.4) is 0 Å². The van der Waals surface area contributed by atoms with Gasteiger partial charge in [-0.15, -0.1) is 0 Å². The highest BCUT2D eigenvalue weighted by atomic mass is 16.6. The fourth-order valence-corrected chi connectivity index (χ4v) is 2.72. The second-order valence-electron chi connectivity index (χ2n) is 6.57. The molecule has 1 saturated carbocycles. The Labute approximate surface area is 121 Å². The van der Waals surface area contributed by atoms with E-state index in [0.717, 1.165) is 25.7 Å². The zero-order chi connectivity index (χ0) is 15.2. The number of ether oxygens (including phenoxy) is 1. The van der Waals surface area contributed by atoms with Gasteiger partial charge in [-0.3, -0.25) is 9.59 Å². The molecule has 0 bridgehead atoms. The smallest absolute Gasteiger partial charge is 0.320 e. The van der Waals surface area contributed by atoms with Crippen molar-refractivity contribution in [2.24, 2.45) is 5.92 Å². The van der Waals surface area contributed by atoms with Gasteiger partial charge in [0.15, 0.2) is 0 Å². The number of hydrogen-bond acceptors (Lipinski definition) is 4. The lowest BCUT2D eigenvalue weighted by atomic mass is 9.82. The van der Waals surface area contributed by atoms with Gasteiger partial charge in [0.05, 0.1) is 13.0 Å². The summed E-state index contributed by atoms with van der Waals surface area (Å²) in [7, 11) is 0. The van der Waals surface area contributed by atoms with Crippen LogP contribution in [0, 0.1) is 5.92 Å². The van der Waals surface area contributed by atoms with Gasteiger partial charge in [0.1, 0.15) is 5.60 Å². The van der Waals surface area contributed by atoms with Gasteiger partial charge in [0.25, 0.3) is 0 Å². The SMILES string of the molecule is CC(C)(C)OC(=O)CN[C@H](CC(=O)O)C1CCCCC1. The minimum atomic E-state index is -0.822. The maximum atomic E-state index is 11.7. The van der Waals surface area contributed by atoms with Crippen molar-refractivity contribution in [2.45, 2.75) is 70.9 Å². The highest BCUT2D eigenvalue weighted by molar-refractivity contribution is 5.72. The highest BCUT2D eigenvalue weighted by Crippen LogP contribution is 2.27. The maximum absolute atomic E-state index is 11.7. The molecule has 1 rings (SSSR count). The monoisotopic (exact) mass is 285 g/mol. The van der Waals surface area contributed by atoms with E-state index >= 15 is 0 Å². The van der Waals surface area contributed by atoms with Gasteiger partial charge < -0.3 is 15.2 Å². The van der Waals surface area contributed by atoms with Crippen molar-refractivity contribution in [3.63, 3.8) is 0 Å². The van der Waals surface area contributed by atoms with Crippen LogP contribution in [-0.4, -0.2) is 35.2 Å². The Bertz CT molecular complexity index is 329. The van der Waals surface area contributed by atoms with E-state index < -0.39 is 11.6 Å². The van der Waals surface area contributed by atoms with Gasteiger partial charge in [-0.2, -0.15) is 0 Å². The third-order valence-corrected chi connectivity index (χ3v) is 3.54. The molecule has 0 saturated heterocycles. The summed E-state index contributed by atoms with van der Waals surface area (Å²) >= 11 is 0. The standard InChI is InChI=1S/C15H27NO4/c1-15(2,3)20-14(19)10-16-12(9-13(17)18)11-7-5-4-6-8-11/h11-12,16H,4-10H2,1-3H3,(H,17,18)/t12-/m1/s1. The second kappa shape index (κ2) is 7.62. The van der Waals surface area contributed by atoms with Crippen molar-refractivity contribution >= 4 is 11.9 Å². The molecule has 0 aromatic rings. The Morgan fingerprint density at radius 3 is 2.35 bits per heavy atom. The lowest BCUT2D eigenvalue weighted by molar-refractivity contribution is -0.154. The molecule has 1 fully saturated rings. The summed E-state index contributed by atoms with van der Waals surface area (Å²) in [6.45, 7) is 5.54. The normalized spacial score (nSPS) is 18.6. The Kier molecular flexibility index (Phi) is 6.46. The number of carbonyl (C=O) groups is 2. The van der Waals surface area contributed by atoms with E-state index in [9.17, 15) is 9.59 Å². The third kappa shape index (κ3) is 6.89. The molecular weight excluding hydrogens is 258 g/mol. The zero-order valence-electron chi connectivity index (χ0n) is 12.8. The average molecular weight is 285 g/mol. The van der Waals surface area contributed by atoms with Gasteiger partial charge in [-0.1, -0.05) is 19.3 Å². The molecule has 0 amide bonds. The van der Waals surface area contributed by atoms with Crippen LogP contribution in [0.1, 0.15) is 59.3 Å². The van der Waals surface area contributed by atoms with Gasteiger partial charge in [-0.25, -0.2) is 0 Å². The maximum Gasteiger partial charge on any atom is 0.320 e. The Hall–Kier alpha value is -1.10. The van der Waals surface area contributed by atoms with Crippen LogP contribution >= 0.6 is 0 Å². The van der Waals surface area contributed by atoms with Crippen LogP contribution in [0.15, 0.2) is 0 Å². The van der Waals surface area contributed by atoms with E-state index in [2.05, 4.69) is 5.32 Å². The van der Waals surface area contributed by atoms with Crippen molar-refractivity contribution in [2.75, 3.05) is 6.54 Å². The minimum absolute atomic E-state index is 0.0630. The first-order chi connectivity index (χ1) is 9.28. The zero-order valence-corrected chi connectivity index (χ0v) is 12.8. The molecule has 0 aromatic heterocycles. The highest BCUT2D eigenvalue weighted by Gasteiger charge is 2.26. The molecule has 2 N–H and O–H groups in total. The number of esters is 1. The van der Waals surface area contributed by atoms with Crippen molar-refractivity contribution < 1.29 is 19.4 Å². The first-order valence-electron chi connectivity index (χ1n) is 7.45. The molecule has 0 spiro atoms. The summed E-state index contributed by atoms with van der Waals surface area (Å²) in [5, 5.41) is 12.1. The topological polar surface area (TPSA) is 75.6 Å². The van der Waals surface area contributed by atoms with Crippen molar-refractivity contribution in [3.8, 4) is 0 Å². The van der Waals surface area contributed by atoms with E-state index in [1.165, 1.54) is 6.42 Å². The molecule has 5 heteroatoms. The summed E-state index contributed by atoms with van der Waals surface area (Å²) < 4.78 is 5.23. The number of hydrogen-bond donors (Lipinski definition) is 2. The van der Waals surface area contributed by atoms with E-state index in [4.69, 9.17) is 9.84 Å². The van der Waals surface area contributed by atoms with E-state index in [1.54, 1.807) is 0 Å². The van der Waals surface area contributed by atoms with E-state index in [0.29, 0.717) is 5.92 Å². The Morgan fingerprint density at radius 2 is 1.85 bits per heavy atom. The van der Waals surface area contributed by atoms with Crippen LogP contribution in [0.5, 0.6) is 0 Å². The Balaban J connectivity index is 2.47. The van der Waals surface area contributed by atoms with Crippen LogP contribution < -0.4 is 5.32 Å². The fourth-order valence-electron chi connectivity index (χ4n) is 2.72. The third-order valence-electron chi connectivity index (χ3n) is 3.54. The summed E-state index contributed by atoms with van der Waals surface area (Å²) in [6, 6.07) is -0.139. The largest absolute Gasteiger partial charge is 0.481 e. The lowest BCUT2D eigenvalue weighted by Gasteiger charge is -2.30. The summed E-state index contributed by atoms with van der Waals surface area (Å²) in [5.41, 5.74) is -0.508. The second-order valence-corrected chi connectivity index (χ2v) is 6.57. The van der Waals surface area contributed by atoms with Gasteiger partial charge in [0.2, 0.25) is 0 Å². The van der Waals surface area contributed by atoms with Crippen molar-refractivity contribution in [1.29, 1.82) is 0 Å². The number of nitrogens with one attached hydrogen (secondary N) is 1. The van der Waals surface area contributed by atoms with Crippen LogP contribution in [0.4, 0.5) is 0 Å². The molecule has 0 aliphatic heterocycles. The molecule has 116 valence electrons. The lowest BCUT2D eigenvalue weighted by Crippen LogP contribution is -2.43. The number of rotatable bonds is 6. The average Bonchev–Trinajstić information content (AvgIpc) is 2.33. The molecule has 1 aliphatic rings. The summed E-state index contributed by atoms with van der Waals surface area (Å²) in [4.78, 5) is 22.7. The first-order valence-corrected chi connectivity index (χ1v) is 7.45. The number of carbonyl (C=O) groups excluding carboxylic acids is 1. The minimum Gasteiger partial charge on any atom is -0.481 e. The van der Waals surface area contributed by atoms with Crippen molar-refractivity contribution in [1.82, 2.24) is 5.32 Å². The number of carboxylic acids is 1. The molecule has 5 nitrogen and oxygen atoms in total. The summed E-state index contributed by atoms with van der Waals surface area (Å²) in [6.07, 6.45) is 5.66. The quantitative estimate of drug-likeness (QED) is 0.733. The Morgan fingerprint density at radius 1 is 1.25 bits per heavy atom. The first kappa shape index (κ1) is 17.0. The number of carboxylic acid groups (broad SMARTS) is 1. The summed E-state index contributed by atoms with van der Waals surface area (Å²) in [5.74, 6) is -0.803. The molecule has 20 heavy (non-hydrogen) atoms. The van der Waals surface area contributed by atoms with Crippen molar-refractivity contribution in [3.05, 3.63) is 0 Å². The van der Waals surface area contributed by atoms with Gasteiger partial charge in [-0.05, 0) is 39.5 Å². The van der Waals surface area contributed by atoms with Crippen LogP contribution in [0.25, 0.3) is 0 Å². The fraction of sp³-hybridized carbons (Fsp3) is 0.867. The molecule has 0 radical (unpaired) electrons. The van der Waals surface area contributed by atoms with E-state index in [-0.39, 0.29) is 25.0 Å². The number of aliphatic carboxylic acids is 1. The van der Waals surface area contributed by atoms with Gasteiger partial charge >= 0.3 is 11.9 Å². The van der Waals surface area contributed by atoms with E-state index in [1.807, 2.05) is 20.8 Å². The van der Waals surface area contributed by atoms with Gasteiger partial charge in [0, 0.05) is 6.04 Å². The molecular formula is C15H27NO4. The molecule has 1 atom stereocenters. The van der Waals surface area contributed by atoms with Crippen LogP contribution in [-0.2, 0) is 14.3 Å².